The van der Waals surface area contributed by atoms with Gasteiger partial charge in [-0.1, -0.05) is 0 Å². The summed E-state index contributed by atoms with van der Waals surface area (Å²) >= 11 is 0. The van der Waals surface area contributed by atoms with Gasteiger partial charge >= 0.3 is 0 Å². The zero-order chi connectivity index (χ0) is 19.4. The van der Waals surface area contributed by atoms with Crippen molar-refractivity contribution >= 4 is 5.82 Å². The van der Waals surface area contributed by atoms with Gasteiger partial charge in [0.2, 0.25) is 0 Å². The van der Waals surface area contributed by atoms with Gasteiger partial charge in [-0.2, -0.15) is 5.26 Å². The number of methoxy groups -OCH3 is 3. The number of nitrogen functional groups attached to an aromatic ring is 1. The summed E-state index contributed by atoms with van der Waals surface area (Å²) in [5.74, 6) is 2.16. The van der Waals surface area contributed by atoms with E-state index in [0.717, 1.165) is 16.9 Å². The molecule has 0 atom stereocenters. The van der Waals surface area contributed by atoms with E-state index < -0.39 is 0 Å². The maximum atomic E-state index is 9.59. The maximum absolute atomic E-state index is 9.59. The van der Waals surface area contributed by atoms with Crippen LogP contribution in [0.15, 0.2) is 48.5 Å². The Bertz CT molecular complexity index is 986. The number of hydrogen-bond donors (Lipinski definition) is 1. The van der Waals surface area contributed by atoms with E-state index in [2.05, 4.69) is 11.1 Å². The molecule has 136 valence electrons. The van der Waals surface area contributed by atoms with Gasteiger partial charge in [0.1, 0.15) is 34.7 Å². The van der Waals surface area contributed by atoms with E-state index in [9.17, 15) is 5.26 Å². The van der Waals surface area contributed by atoms with Gasteiger partial charge < -0.3 is 19.9 Å². The fourth-order valence-corrected chi connectivity index (χ4v) is 2.78. The molecule has 6 heteroatoms. The van der Waals surface area contributed by atoms with Crippen LogP contribution in [0.3, 0.4) is 0 Å². The quantitative estimate of drug-likeness (QED) is 0.741. The fraction of sp³-hybridized carbons (Fsp3) is 0.143. The van der Waals surface area contributed by atoms with E-state index in [1.807, 2.05) is 42.5 Å². The number of nitriles is 1. The van der Waals surface area contributed by atoms with Crippen molar-refractivity contribution in [3.8, 4) is 45.7 Å². The summed E-state index contributed by atoms with van der Waals surface area (Å²) in [5.41, 5.74) is 9.33. The smallest absolute Gasteiger partial charge is 0.142 e. The third-order valence-corrected chi connectivity index (χ3v) is 4.21. The monoisotopic (exact) mass is 361 g/mol. The van der Waals surface area contributed by atoms with E-state index in [4.69, 9.17) is 19.9 Å². The Kier molecular flexibility index (Phi) is 5.13. The molecule has 3 rings (SSSR count). The minimum atomic E-state index is 0.169. The summed E-state index contributed by atoms with van der Waals surface area (Å²) in [5, 5.41) is 9.59. The first-order valence-electron chi connectivity index (χ1n) is 8.18. The van der Waals surface area contributed by atoms with E-state index >= 15 is 0 Å². The Morgan fingerprint density at radius 1 is 0.815 bits per heavy atom. The molecule has 2 N–H and O–H groups in total. The Morgan fingerprint density at radius 2 is 1.41 bits per heavy atom. The number of hydrogen-bond acceptors (Lipinski definition) is 6. The lowest BCUT2D eigenvalue weighted by molar-refractivity contribution is 0.394. The number of rotatable bonds is 5. The van der Waals surface area contributed by atoms with E-state index in [-0.39, 0.29) is 5.82 Å². The molecule has 0 radical (unpaired) electrons. The lowest BCUT2D eigenvalue weighted by Crippen LogP contribution is -2.00. The first kappa shape index (κ1) is 18.1. The zero-order valence-electron chi connectivity index (χ0n) is 15.3. The maximum Gasteiger partial charge on any atom is 0.142 e. The summed E-state index contributed by atoms with van der Waals surface area (Å²) in [7, 11) is 4.77. The molecule has 0 saturated carbocycles. The summed E-state index contributed by atoms with van der Waals surface area (Å²) in [6, 6.07) is 16.9. The minimum Gasteiger partial charge on any atom is -0.497 e. The highest BCUT2D eigenvalue weighted by Crippen LogP contribution is 2.35. The van der Waals surface area contributed by atoms with Crippen LogP contribution in [0, 0.1) is 11.3 Å². The second-order valence-electron chi connectivity index (χ2n) is 5.76. The number of ether oxygens (including phenoxy) is 3. The lowest BCUT2D eigenvalue weighted by atomic mass is 9.98. The van der Waals surface area contributed by atoms with Crippen LogP contribution in [0.5, 0.6) is 17.2 Å². The van der Waals surface area contributed by atoms with Crippen LogP contribution in [-0.4, -0.2) is 26.3 Å². The van der Waals surface area contributed by atoms with Gasteiger partial charge in [0, 0.05) is 17.2 Å². The molecule has 1 aromatic heterocycles. The van der Waals surface area contributed by atoms with Crippen molar-refractivity contribution in [1.29, 1.82) is 5.26 Å². The second-order valence-corrected chi connectivity index (χ2v) is 5.76. The van der Waals surface area contributed by atoms with Crippen molar-refractivity contribution in [2.75, 3.05) is 27.1 Å². The van der Waals surface area contributed by atoms with E-state index in [1.54, 1.807) is 27.4 Å². The van der Waals surface area contributed by atoms with E-state index in [0.29, 0.717) is 28.3 Å². The number of aromatic nitrogens is 1. The average molecular weight is 361 g/mol. The molecule has 0 amide bonds. The highest BCUT2D eigenvalue weighted by molar-refractivity contribution is 5.81. The molecule has 0 unspecified atom stereocenters. The van der Waals surface area contributed by atoms with Crippen molar-refractivity contribution < 1.29 is 14.2 Å². The van der Waals surface area contributed by atoms with Crippen molar-refractivity contribution in [2.24, 2.45) is 0 Å². The van der Waals surface area contributed by atoms with Gasteiger partial charge in [0.15, 0.2) is 0 Å². The van der Waals surface area contributed by atoms with Crippen molar-refractivity contribution in [3.05, 3.63) is 54.1 Å². The SMILES string of the molecule is COc1ccc(-c2cc(-c3cc(OC)cc(OC)c3)c(C#N)c(N)n2)cc1. The Balaban J connectivity index is 2.20. The molecule has 1 heterocycles. The highest BCUT2D eigenvalue weighted by atomic mass is 16.5. The Hall–Kier alpha value is -3.72. The fourth-order valence-electron chi connectivity index (χ4n) is 2.78. The third kappa shape index (κ3) is 3.62. The number of nitrogens with two attached hydrogens (primary N) is 1. The summed E-state index contributed by atoms with van der Waals surface area (Å²) in [6.45, 7) is 0. The van der Waals surface area contributed by atoms with Crippen LogP contribution in [0.4, 0.5) is 5.82 Å². The van der Waals surface area contributed by atoms with Gasteiger partial charge in [-0.25, -0.2) is 4.98 Å². The minimum absolute atomic E-state index is 0.169. The van der Waals surface area contributed by atoms with Crippen LogP contribution < -0.4 is 19.9 Å². The molecule has 27 heavy (non-hydrogen) atoms. The number of pyridine rings is 1. The molecule has 0 fully saturated rings. The molecular weight excluding hydrogens is 342 g/mol. The molecule has 0 aliphatic rings. The topological polar surface area (TPSA) is 90.4 Å². The van der Waals surface area contributed by atoms with Gasteiger partial charge in [0.05, 0.1) is 27.0 Å². The molecule has 0 saturated heterocycles. The summed E-state index contributed by atoms with van der Waals surface area (Å²) < 4.78 is 15.9. The second kappa shape index (κ2) is 7.67. The molecule has 0 aliphatic heterocycles. The zero-order valence-corrected chi connectivity index (χ0v) is 15.3. The molecule has 0 spiro atoms. The summed E-state index contributed by atoms with van der Waals surface area (Å²) in [4.78, 5) is 4.39. The van der Waals surface area contributed by atoms with Crippen LogP contribution in [-0.2, 0) is 0 Å². The lowest BCUT2D eigenvalue weighted by Gasteiger charge is -2.13. The number of benzene rings is 2. The van der Waals surface area contributed by atoms with Crippen molar-refractivity contribution in [1.82, 2.24) is 4.98 Å². The van der Waals surface area contributed by atoms with Crippen LogP contribution in [0.2, 0.25) is 0 Å². The molecule has 2 aromatic carbocycles. The molecule has 3 aromatic rings. The first-order chi connectivity index (χ1) is 13.1. The van der Waals surface area contributed by atoms with Gasteiger partial charge in [-0.15, -0.1) is 0 Å². The average Bonchev–Trinajstić information content (AvgIpc) is 2.72. The summed E-state index contributed by atoms with van der Waals surface area (Å²) in [6.07, 6.45) is 0. The first-order valence-corrected chi connectivity index (χ1v) is 8.18. The normalized spacial score (nSPS) is 10.1. The van der Waals surface area contributed by atoms with Crippen LogP contribution in [0.25, 0.3) is 22.4 Å². The molecule has 0 aliphatic carbocycles. The predicted molar refractivity (Wildman–Crippen MR) is 104 cm³/mol. The molecule has 0 bridgehead atoms. The van der Waals surface area contributed by atoms with Crippen molar-refractivity contribution in [2.45, 2.75) is 0 Å². The van der Waals surface area contributed by atoms with Gasteiger partial charge in [-0.3, -0.25) is 0 Å². The Morgan fingerprint density at radius 3 is 1.93 bits per heavy atom. The molecule has 6 nitrogen and oxygen atoms in total. The Labute approximate surface area is 157 Å². The van der Waals surface area contributed by atoms with Crippen LogP contribution >= 0.6 is 0 Å². The largest absolute Gasteiger partial charge is 0.497 e. The van der Waals surface area contributed by atoms with Gasteiger partial charge in [-0.05, 0) is 48.0 Å². The van der Waals surface area contributed by atoms with E-state index in [1.165, 1.54) is 0 Å². The number of anilines is 1. The molecular formula is C21H19N3O3. The van der Waals surface area contributed by atoms with Crippen molar-refractivity contribution in [3.63, 3.8) is 0 Å². The highest BCUT2D eigenvalue weighted by Gasteiger charge is 2.15. The number of nitrogens with zero attached hydrogens (tertiary/aromatic N) is 2. The predicted octanol–water partition coefficient (Wildman–Crippen LogP) is 3.90. The van der Waals surface area contributed by atoms with Crippen LogP contribution in [0.1, 0.15) is 5.56 Å². The standard InChI is InChI=1S/C21H19N3O3/c1-25-15-6-4-13(5-7-15)20-11-18(19(12-22)21(23)24-20)14-8-16(26-2)10-17(9-14)27-3/h4-11H,1-3H3,(H2,23,24). The third-order valence-electron chi connectivity index (χ3n) is 4.21. The van der Waals surface area contributed by atoms with Gasteiger partial charge in [0.25, 0.3) is 0 Å².